The minimum Gasteiger partial charge on any atom is -0.342 e. The van der Waals surface area contributed by atoms with Gasteiger partial charge >= 0.3 is 0 Å². The standard InChI is InChI=1S/C22H24BrN3O/c1-26-16-15-24-22(26)21(18-8-3-2-4-9-18)25-20(27)10-6-5-7-17-11-13-19(23)14-12-17/h2-4,8-9,11-16,21H,5-7,10H2,1H3,(H,25,27)/t21-/m1/s1. The van der Waals surface area contributed by atoms with E-state index in [9.17, 15) is 4.79 Å². The molecule has 0 aliphatic heterocycles. The number of nitrogens with one attached hydrogen (secondary N) is 1. The van der Waals surface area contributed by atoms with Gasteiger partial charge in [0.2, 0.25) is 5.91 Å². The van der Waals surface area contributed by atoms with Crippen LogP contribution in [0.4, 0.5) is 0 Å². The SMILES string of the molecule is Cn1ccnc1[C@H](NC(=O)CCCCc1ccc(Br)cc1)c1ccccc1. The van der Waals surface area contributed by atoms with Gasteiger partial charge in [-0.1, -0.05) is 58.4 Å². The van der Waals surface area contributed by atoms with E-state index >= 15 is 0 Å². The predicted molar refractivity (Wildman–Crippen MR) is 111 cm³/mol. The maximum Gasteiger partial charge on any atom is 0.220 e. The fourth-order valence-corrected chi connectivity index (χ4v) is 3.36. The number of amides is 1. The third kappa shape index (κ3) is 5.54. The van der Waals surface area contributed by atoms with Crippen molar-refractivity contribution in [2.24, 2.45) is 7.05 Å². The molecule has 3 aromatic rings. The van der Waals surface area contributed by atoms with Crippen LogP contribution in [0.25, 0.3) is 0 Å². The Morgan fingerprint density at radius 3 is 2.52 bits per heavy atom. The van der Waals surface area contributed by atoms with Crippen LogP contribution in [-0.4, -0.2) is 15.5 Å². The molecule has 1 amide bonds. The number of unbranched alkanes of at least 4 members (excludes halogenated alkanes) is 1. The third-order valence-corrected chi connectivity index (χ3v) is 5.12. The maximum atomic E-state index is 12.5. The lowest BCUT2D eigenvalue weighted by Gasteiger charge is -2.19. The molecule has 1 N–H and O–H groups in total. The molecule has 27 heavy (non-hydrogen) atoms. The summed E-state index contributed by atoms with van der Waals surface area (Å²) >= 11 is 3.45. The lowest BCUT2D eigenvalue weighted by atomic mass is 10.0. The number of benzene rings is 2. The second-order valence-electron chi connectivity index (χ2n) is 6.64. The van der Waals surface area contributed by atoms with E-state index in [-0.39, 0.29) is 11.9 Å². The first-order valence-electron chi connectivity index (χ1n) is 9.19. The van der Waals surface area contributed by atoms with E-state index < -0.39 is 0 Å². The molecule has 0 aliphatic carbocycles. The fourth-order valence-electron chi connectivity index (χ4n) is 3.10. The average molecular weight is 426 g/mol. The molecule has 0 saturated carbocycles. The monoisotopic (exact) mass is 425 g/mol. The highest BCUT2D eigenvalue weighted by Crippen LogP contribution is 2.20. The van der Waals surface area contributed by atoms with Gasteiger partial charge in [0, 0.05) is 30.3 Å². The van der Waals surface area contributed by atoms with Gasteiger partial charge in [-0.05, 0) is 42.5 Å². The van der Waals surface area contributed by atoms with Gasteiger partial charge < -0.3 is 9.88 Å². The fraction of sp³-hybridized carbons (Fsp3) is 0.273. The number of hydrogen-bond donors (Lipinski definition) is 1. The Hall–Kier alpha value is -2.40. The van der Waals surface area contributed by atoms with Gasteiger partial charge in [0.15, 0.2) is 0 Å². The van der Waals surface area contributed by atoms with Crippen LogP contribution in [0.5, 0.6) is 0 Å². The lowest BCUT2D eigenvalue weighted by molar-refractivity contribution is -0.121. The molecule has 0 bridgehead atoms. The highest BCUT2D eigenvalue weighted by molar-refractivity contribution is 9.10. The van der Waals surface area contributed by atoms with Crippen molar-refractivity contribution in [3.63, 3.8) is 0 Å². The van der Waals surface area contributed by atoms with Crippen molar-refractivity contribution in [3.05, 3.63) is 88.4 Å². The molecule has 0 spiro atoms. The maximum absolute atomic E-state index is 12.5. The largest absolute Gasteiger partial charge is 0.342 e. The zero-order valence-corrected chi connectivity index (χ0v) is 17.0. The molecule has 1 aromatic heterocycles. The second kappa shape index (κ2) is 9.51. The van der Waals surface area contributed by atoms with E-state index in [1.807, 2.05) is 48.1 Å². The summed E-state index contributed by atoms with van der Waals surface area (Å²) in [4.78, 5) is 17.0. The molecule has 0 radical (unpaired) electrons. The van der Waals surface area contributed by atoms with Crippen LogP contribution >= 0.6 is 15.9 Å². The highest BCUT2D eigenvalue weighted by Gasteiger charge is 2.20. The van der Waals surface area contributed by atoms with Gasteiger partial charge in [0.25, 0.3) is 0 Å². The van der Waals surface area contributed by atoms with E-state index in [0.717, 1.165) is 35.1 Å². The van der Waals surface area contributed by atoms with Crippen LogP contribution in [0.2, 0.25) is 0 Å². The number of carbonyl (C=O) groups is 1. The van der Waals surface area contributed by atoms with Crippen LogP contribution in [0, 0.1) is 0 Å². The summed E-state index contributed by atoms with van der Waals surface area (Å²) in [5.74, 6) is 0.895. The topological polar surface area (TPSA) is 46.9 Å². The Kier molecular flexibility index (Phi) is 6.82. The molecular formula is C22H24BrN3O. The normalized spacial score (nSPS) is 11.9. The van der Waals surface area contributed by atoms with Gasteiger partial charge in [-0.2, -0.15) is 0 Å². The van der Waals surface area contributed by atoms with Crippen molar-refractivity contribution >= 4 is 21.8 Å². The van der Waals surface area contributed by atoms with Crippen molar-refractivity contribution in [3.8, 4) is 0 Å². The van der Waals surface area contributed by atoms with Gasteiger partial charge in [-0.3, -0.25) is 4.79 Å². The van der Waals surface area contributed by atoms with Crippen molar-refractivity contribution in [2.75, 3.05) is 0 Å². The zero-order valence-electron chi connectivity index (χ0n) is 15.4. The van der Waals surface area contributed by atoms with Crippen molar-refractivity contribution in [1.82, 2.24) is 14.9 Å². The lowest BCUT2D eigenvalue weighted by Crippen LogP contribution is -2.30. The van der Waals surface area contributed by atoms with Crippen LogP contribution < -0.4 is 5.32 Å². The van der Waals surface area contributed by atoms with Gasteiger partial charge in [-0.25, -0.2) is 4.98 Å². The summed E-state index contributed by atoms with van der Waals surface area (Å²) < 4.78 is 3.04. The molecule has 140 valence electrons. The van der Waals surface area contributed by atoms with Crippen LogP contribution in [0.1, 0.15) is 42.3 Å². The van der Waals surface area contributed by atoms with Crippen molar-refractivity contribution < 1.29 is 4.79 Å². The number of imidazole rings is 1. The molecule has 0 aliphatic rings. The summed E-state index contributed by atoms with van der Waals surface area (Å²) in [7, 11) is 1.95. The molecule has 3 rings (SSSR count). The molecular weight excluding hydrogens is 402 g/mol. The van der Waals surface area contributed by atoms with E-state index in [0.29, 0.717) is 6.42 Å². The Labute approximate surface area is 168 Å². The molecule has 1 heterocycles. The van der Waals surface area contributed by atoms with Gasteiger partial charge in [0.05, 0.1) is 0 Å². The number of aromatic nitrogens is 2. The first kappa shape index (κ1) is 19.4. The minimum absolute atomic E-state index is 0.0580. The predicted octanol–water partition coefficient (Wildman–Crippen LogP) is 4.80. The summed E-state index contributed by atoms with van der Waals surface area (Å²) in [6, 6.07) is 18.1. The number of rotatable bonds is 8. The summed E-state index contributed by atoms with van der Waals surface area (Å²) in [5, 5.41) is 3.15. The first-order valence-corrected chi connectivity index (χ1v) is 9.99. The van der Waals surface area contributed by atoms with Gasteiger partial charge in [-0.15, -0.1) is 0 Å². The Balaban J connectivity index is 1.55. The highest BCUT2D eigenvalue weighted by atomic mass is 79.9. The zero-order chi connectivity index (χ0) is 19.1. The molecule has 4 nitrogen and oxygen atoms in total. The van der Waals surface area contributed by atoms with E-state index in [1.165, 1.54) is 5.56 Å². The molecule has 5 heteroatoms. The number of nitrogens with zero attached hydrogens (tertiary/aromatic N) is 2. The van der Waals surface area contributed by atoms with E-state index in [4.69, 9.17) is 0 Å². The number of aryl methyl sites for hydroxylation is 2. The van der Waals surface area contributed by atoms with Crippen LogP contribution in [-0.2, 0) is 18.3 Å². The molecule has 0 saturated heterocycles. The van der Waals surface area contributed by atoms with Crippen LogP contribution in [0.15, 0.2) is 71.5 Å². The van der Waals surface area contributed by atoms with E-state index in [1.54, 1.807) is 6.20 Å². The quantitative estimate of drug-likeness (QED) is 0.526. The third-order valence-electron chi connectivity index (χ3n) is 4.59. The molecule has 1 atom stereocenters. The number of carbonyl (C=O) groups excluding carboxylic acids is 1. The minimum atomic E-state index is -0.231. The second-order valence-corrected chi connectivity index (χ2v) is 7.56. The smallest absolute Gasteiger partial charge is 0.220 e. The average Bonchev–Trinajstić information content (AvgIpc) is 3.11. The van der Waals surface area contributed by atoms with Crippen molar-refractivity contribution in [1.29, 1.82) is 0 Å². The summed E-state index contributed by atoms with van der Waals surface area (Å²) in [6.45, 7) is 0. The summed E-state index contributed by atoms with van der Waals surface area (Å²) in [6.07, 6.45) is 7.02. The van der Waals surface area contributed by atoms with Crippen molar-refractivity contribution in [2.45, 2.75) is 31.7 Å². The Bertz CT molecular complexity index is 859. The molecule has 2 aromatic carbocycles. The molecule has 0 unspecified atom stereocenters. The Morgan fingerprint density at radius 2 is 1.85 bits per heavy atom. The Morgan fingerprint density at radius 1 is 1.11 bits per heavy atom. The number of hydrogen-bond acceptors (Lipinski definition) is 2. The van der Waals surface area contributed by atoms with Gasteiger partial charge in [0.1, 0.15) is 11.9 Å². The van der Waals surface area contributed by atoms with Crippen LogP contribution in [0.3, 0.4) is 0 Å². The first-order chi connectivity index (χ1) is 13.1. The molecule has 0 fully saturated rings. The number of halogens is 1. The summed E-state index contributed by atoms with van der Waals surface area (Å²) in [5.41, 5.74) is 2.34. The van der Waals surface area contributed by atoms with E-state index in [2.05, 4.69) is 50.5 Å².